The smallest absolute Gasteiger partial charge is 0.318 e. The SMILES string of the molecule is Cc1cccc([C@H]2c3cccn3-c3c(c(C)nn3-c3ccccc3)CN2C(=O)NC2CCCCC2)c1. The first kappa shape index (κ1) is 22.7. The van der Waals surface area contributed by atoms with Crippen molar-refractivity contribution in [3.8, 4) is 11.5 Å². The lowest BCUT2D eigenvalue weighted by Crippen LogP contribution is -2.46. The maximum absolute atomic E-state index is 14.0. The van der Waals surface area contributed by atoms with Crippen molar-refractivity contribution < 1.29 is 4.79 Å². The number of rotatable bonds is 3. The molecule has 1 fully saturated rings. The maximum Gasteiger partial charge on any atom is 0.318 e. The average molecular weight is 480 g/mol. The molecular formula is C30H33N5O. The van der Waals surface area contributed by atoms with E-state index in [1.165, 1.54) is 24.8 Å². The van der Waals surface area contributed by atoms with E-state index < -0.39 is 0 Å². The van der Waals surface area contributed by atoms with Gasteiger partial charge in [-0.25, -0.2) is 9.48 Å². The van der Waals surface area contributed by atoms with Crippen molar-refractivity contribution in [2.24, 2.45) is 0 Å². The van der Waals surface area contributed by atoms with Crippen LogP contribution in [-0.4, -0.2) is 31.3 Å². The zero-order chi connectivity index (χ0) is 24.6. The van der Waals surface area contributed by atoms with Gasteiger partial charge in [-0.3, -0.25) is 0 Å². The topological polar surface area (TPSA) is 55.1 Å². The molecule has 1 atom stereocenters. The van der Waals surface area contributed by atoms with Crippen LogP contribution in [0.2, 0.25) is 0 Å². The number of carbonyl (C=O) groups excluding carboxylic acids is 1. The molecule has 1 aliphatic carbocycles. The van der Waals surface area contributed by atoms with Crippen LogP contribution in [0.4, 0.5) is 4.79 Å². The minimum Gasteiger partial charge on any atom is -0.335 e. The van der Waals surface area contributed by atoms with Crippen molar-refractivity contribution in [3.05, 3.63) is 101 Å². The summed E-state index contributed by atoms with van der Waals surface area (Å²) in [6, 6.07) is 23.0. The van der Waals surface area contributed by atoms with Gasteiger partial charge in [0.1, 0.15) is 5.82 Å². The Balaban J connectivity index is 1.51. The fourth-order valence-electron chi connectivity index (χ4n) is 5.84. The van der Waals surface area contributed by atoms with Gasteiger partial charge in [0.25, 0.3) is 0 Å². The number of fused-ring (bicyclic) bond motifs is 3. The second-order valence-electron chi connectivity index (χ2n) is 10.2. The number of hydrogen-bond donors (Lipinski definition) is 1. The first-order valence-electron chi connectivity index (χ1n) is 13.1. The van der Waals surface area contributed by atoms with E-state index in [0.717, 1.165) is 46.9 Å². The minimum absolute atomic E-state index is 0.000803. The molecule has 3 heterocycles. The predicted octanol–water partition coefficient (Wildman–Crippen LogP) is 6.23. The van der Waals surface area contributed by atoms with E-state index in [0.29, 0.717) is 6.54 Å². The zero-order valence-corrected chi connectivity index (χ0v) is 21.0. The highest BCUT2D eigenvalue weighted by molar-refractivity contribution is 5.76. The number of hydrogen-bond acceptors (Lipinski definition) is 2. The third-order valence-corrected chi connectivity index (χ3v) is 7.64. The van der Waals surface area contributed by atoms with Crippen molar-refractivity contribution in [1.29, 1.82) is 0 Å². The van der Waals surface area contributed by atoms with Gasteiger partial charge in [-0.2, -0.15) is 5.10 Å². The molecule has 0 bridgehead atoms. The molecule has 0 radical (unpaired) electrons. The number of carbonyl (C=O) groups is 1. The van der Waals surface area contributed by atoms with Gasteiger partial charge < -0.3 is 14.8 Å². The minimum atomic E-state index is -0.209. The Bertz CT molecular complexity index is 1380. The van der Waals surface area contributed by atoms with Gasteiger partial charge in [0.15, 0.2) is 0 Å². The first-order chi connectivity index (χ1) is 17.6. The van der Waals surface area contributed by atoms with Crippen LogP contribution in [0, 0.1) is 13.8 Å². The van der Waals surface area contributed by atoms with Gasteiger partial charge in [-0.1, -0.05) is 67.3 Å². The largest absolute Gasteiger partial charge is 0.335 e. The molecule has 6 nitrogen and oxygen atoms in total. The van der Waals surface area contributed by atoms with Crippen LogP contribution in [0.5, 0.6) is 0 Å². The van der Waals surface area contributed by atoms with E-state index in [4.69, 9.17) is 5.10 Å². The molecule has 184 valence electrons. The van der Waals surface area contributed by atoms with Crippen LogP contribution >= 0.6 is 0 Å². The monoisotopic (exact) mass is 479 g/mol. The summed E-state index contributed by atoms with van der Waals surface area (Å²) in [6.07, 6.45) is 7.84. The van der Waals surface area contributed by atoms with Crippen LogP contribution in [0.25, 0.3) is 11.5 Å². The summed E-state index contributed by atoms with van der Waals surface area (Å²) in [6.45, 7) is 4.65. The summed E-state index contributed by atoms with van der Waals surface area (Å²) in [4.78, 5) is 16.0. The molecule has 0 spiro atoms. The van der Waals surface area contributed by atoms with E-state index in [2.05, 4.69) is 71.5 Å². The quantitative estimate of drug-likeness (QED) is 0.379. The Morgan fingerprint density at radius 2 is 1.75 bits per heavy atom. The fraction of sp³-hybridized carbons (Fsp3) is 0.333. The molecule has 4 aromatic rings. The van der Waals surface area contributed by atoms with Gasteiger partial charge in [-0.15, -0.1) is 0 Å². The lowest BCUT2D eigenvalue weighted by Gasteiger charge is -2.33. The molecule has 36 heavy (non-hydrogen) atoms. The van der Waals surface area contributed by atoms with Crippen molar-refractivity contribution in [2.75, 3.05) is 0 Å². The summed E-state index contributed by atoms with van der Waals surface area (Å²) in [5.74, 6) is 1.00. The number of aromatic nitrogens is 3. The van der Waals surface area contributed by atoms with Crippen molar-refractivity contribution in [3.63, 3.8) is 0 Å². The van der Waals surface area contributed by atoms with Crippen molar-refractivity contribution in [1.82, 2.24) is 24.6 Å². The number of aryl methyl sites for hydroxylation is 2. The summed E-state index contributed by atoms with van der Waals surface area (Å²) < 4.78 is 4.24. The maximum atomic E-state index is 14.0. The van der Waals surface area contributed by atoms with Gasteiger partial charge in [0.05, 0.1) is 29.7 Å². The second kappa shape index (κ2) is 9.34. The number of amides is 2. The Hall–Kier alpha value is -3.80. The molecule has 1 saturated carbocycles. The number of para-hydroxylation sites is 1. The summed E-state index contributed by atoms with van der Waals surface area (Å²) in [5, 5.41) is 8.33. The Morgan fingerprint density at radius 1 is 0.944 bits per heavy atom. The number of nitrogens with zero attached hydrogens (tertiary/aromatic N) is 4. The van der Waals surface area contributed by atoms with Crippen LogP contribution in [0.1, 0.15) is 66.2 Å². The molecule has 2 amide bonds. The standard InChI is InChI=1S/C30H33N5O/c1-21-11-9-12-23(19-21)28-27-17-10-18-33(27)29-26(22(2)32-35(29)25-15-7-4-8-16-25)20-34(28)30(36)31-24-13-5-3-6-14-24/h4,7-12,15-19,24,28H,3,5-6,13-14,20H2,1-2H3,(H,31,36)/t28-/m0/s1. The highest BCUT2D eigenvalue weighted by Crippen LogP contribution is 2.38. The molecule has 1 aliphatic heterocycles. The van der Waals surface area contributed by atoms with Crippen molar-refractivity contribution in [2.45, 2.75) is 64.6 Å². The molecule has 0 saturated heterocycles. The van der Waals surface area contributed by atoms with Crippen LogP contribution in [0.3, 0.4) is 0 Å². The Labute approximate surface area is 212 Å². The third-order valence-electron chi connectivity index (χ3n) is 7.64. The predicted molar refractivity (Wildman–Crippen MR) is 142 cm³/mol. The van der Waals surface area contributed by atoms with Gasteiger partial charge >= 0.3 is 6.03 Å². The highest BCUT2D eigenvalue weighted by Gasteiger charge is 2.36. The molecule has 6 heteroatoms. The molecule has 2 aromatic carbocycles. The molecule has 2 aliphatic rings. The summed E-state index contributed by atoms with van der Waals surface area (Å²) in [7, 11) is 0. The molecule has 1 N–H and O–H groups in total. The molecule has 0 unspecified atom stereocenters. The number of urea groups is 1. The van der Waals surface area contributed by atoms with E-state index in [-0.39, 0.29) is 18.1 Å². The number of nitrogens with one attached hydrogen (secondary N) is 1. The third kappa shape index (κ3) is 4.00. The normalized spacial score (nSPS) is 17.8. The van der Waals surface area contributed by atoms with Gasteiger partial charge in [0.2, 0.25) is 0 Å². The first-order valence-corrected chi connectivity index (χ1v) is 13.1. The summed E-state index contributed by atoms with van der Waals surface area (Å²) in [5.41, 5.74) is 6.39. The fourth-order valence-corrected chi connectivity index (χ4v) is 5.84. The van der Waals surface area contributed by atoms with Crippen LogP contribution in [0.15, 0.2) is 72.9 Å². The molecule has 2 aromatic heterocycles. The molecule has 6 rings (SSSR count). The van der Waals surface area contributed by atoms with E-state index in [1.807, 2.05) is 34.7 Å². The van der Waals surface area contributed by atoms with E-state index in [1.54, 1.807) is 0 Å². The Morgan fingerprint density at radius 3 is 2.53 bits per heavy atom. The van der Waals surface area contributed by atoms with E-state index >= 15 is 0 Å². The number of benzene rings is 2. The Kier molecular flexibility index (Phi) is 5.88. The zero-order valence-electron chi connectivity index (χ0n) is 21.0. The van der Waals surface area contributed by atoms with Gasteiger partial charge in [-0.05, 0) is 56.5 Å². The average Bonchev–Trinajstić information content (AvgIpc) is 3.45. The molecular weight excluding hydrogens is 446 g/mol. The summed E-state index contributed by atoms with van der Waals surface area (Å²) >= 11 is 0. The lowest BCUT2D eigenvalue weighted by molar-refractivity contribution is 0.173. The lowest BCUT2D eigenvalue weighted by atomic mass is 9.95. The van der Waals surface area contributed by atoms with Crippen LogP contribution < -0.4 is 5.32 Å². The second-order valence-corrected chi connectivity index (χ2v) is 10.2. The van der Waals surface area contributed by atoms with Crippen LogP contribution in [-0.2, 0) is 6.54 Å². The highest BCUT2D eigenvalue weighted by atomic mass is 16.2. The van der Waals surface area contributed by atoms with Crippen molar-refractivity contribution >= 4 is 6.03 Å². The van der Waals surface area contributed by atoms with E-state index in [9.17, 15) is 4.79 Å². The van der Waals surface area contributed by atoms with Gasteiger partial charge in [0, 0.05) is 17.8 Å².